The Hall–Kier alpha value is -1.39. The number of hydrogen-bond donors (Lipinski definition) is 0. The van der Waals surface area contributed by atoms with Gasteiger partial charge in [-0.1, -0.05) is 30.3 Å². The molecule has 0 unspecified atom stereocenters. The van der Waals surface area contributed by atoms with E-state index < -0.39 is 5.60 Å². The van der Waals surface area contributed by atoms with Gasteiger partial charge in [0.25, 0.3) is 5.91 Å². The first-order valence-corrected chi connectivity index (χ1v) is 9.41. The van der Waals surface area contributed by atoms with Gasteiger partial charge in [0.1, 0.15) is 5.60 Å². The molecule has 2 heterocycles. The summed E-state index contributed by atoms with van der Waals surface area (Å²) in [5, 5.41) is 0. The number of likely N-dealkylation sites (tertiary alicyclic amines) is 1. The highest BCUT2D eigenvalue weighted by Gasteiger charge is 2.61. The molecular weight excluding hydrogens is 300 g/mol. The monoisotopic (exact) mass is 328 g/mol. The lowest BCUT2D eigenvalue weighted by molar-refractivity contribution is -0.200. The Balaban J connectivity index is 1.34. The minimum Gasteiger partial charge on any atom is -0.357 e. The largest absolute Gasteiger partial charge is 0.357 e. The third kappa shape index (κ3) is 2.98. The molecule has 3 aliphatic rings. The molecule has 1 amide bonds. The zero-order valence-corrected chi connectivity index (χ0v) is 14.7. The fourth-order valence-corrected chi connectivity index (χ4v) is 4.26. The molecule has 4 nitrogen and oxygen atoms in total. The van der Waals surface area contributed by atoms with Crippen LogP contribution in [-0.2, 0) is 16.0 Å². The van der Waals surface area contributed by atoms with E-state index in [2.05, 4.69) is 42.2 Å². The summed E-state index contributed by atoms with van der Waals surface area (Å²) in [6.07, 6.45) is 5.04. The quantitative estimate of drug-likeness (QED) is 0.851. The van der Waals surface area contributed by atoms with E-state index in [0.29, 0.717) is 0 Å². The molecule has 0 N–H and O–H groups in total. The Morgan fingerprint density at radius 3 is 2.42 bits per heavy atom. The van der Waals surface area contributed by atoms with Gasteiger partial charge in [0.2, 0.25) is 0 Å². The van der Waals surface area contributed by atoms with Crippen LogP contribution in [0.3, 0.4) is 0 Å². The van der Waals surface area contributed by atoms with Crippen LogP contribution in [0.2, 0.25) is 0 Å². The lowest BCUT2D eigenvalue weighted by Crippen LogP contribution is -2.62. The van der Waals surface area contributed by atoms with Gasteiger partial charge < -0.3 is 14.5 Å². The topological polar surface area (TPSA) is 32.8 Å². The second-order valence-electron chi connectivity index (χ2n) is 7.68. The Morgan fingerprint density at radius 2 is 1.79 bits per heavy atom. The molecule has 0 aromatic heterocycles. The molecule has 3 fully saturated rings. The molecule has 4 heteroatoms. The summed E-state index contributed by atoms with van der Waals surface area (Å²) in [5.74, 6) is 0.238. The number of likely N-dealkylation sites (N-methyl/N-ethyl adjacent to an activating group) is 1. The summed E-state index contributed by atoms with van der Waals surface area (Å²) in [5.41, 5.74) is 0.871. The Kier molecular flexibility index (Phi) is 4.13. The summed E-state index contributed by atoms with van der Waals surface area (Å²) < 4.78 is 6.45. The van der Waals surface area contributed by atoms with E-state index >= 15 is 0 Å². The summed E-state index contributed by atoms with van der Waals surface area (Å²) in [6, 6.07) is 10.7. The normalized spacial score (nSPS) is 25.4. The highest BCUT2D eigenvalue weighted by molar-refractivity contribution is 5.89. The summed E-state index contributed by atoms with van der Waals surface area (Å²) >= 11 is 0. The molecular formula is C20H28N2O2. The highest BCUT2D eigenvalue weighted by Crippen LogP contribution is 2.49. The summed E-state index contributed by atoms with van der Waals surface area (Å²) in [4.78, 5) is 17.1. The second kappa shape index (κ2) is 6.16. The van der Waals surface area contributed by atoms with Crippen LogP contribution in [0.4, 0.5) is 0 Å². The van der Waals surface area contributed by atoms with Crippen LogP contribution in [0, 0.1) is 0 Å². The van der Waals surface area contributed by atoms with Crippen LogP contribution >= 0.6 is 0 Å². The minimum atomic E-state index is -0.444. The van der Waals surface area contributed by atoms with Crippen LogP contribution in [-0.4, -0.2) is 59.6 Å². The van der Waals surface area contributed by atoms with E-state index in [1.54, 1.807) is 0 Å². The van der Waals surface area contributed by atoms with Gasteiger partial charge in [0.15, 0.2) is 0 Å². The molecule has 0 atom stereocenters. The van der Waals surface area contributed by atoms with Crippen molar-refractivity contribution < 1.29 is 9.53 Å². The first kappa shape index (κ1) is 16.1. The van der Waals surface area contributed by atoms with E-state index in [-0.39, 0.29) is 11.5 Å². The molecule has 24 heavy (non-hydrogen) atoms. The number of rotatable bonds is 4. The van der Waals surface area contributed by atoms with Crippen molar-refractivity contribution in [3.8, 4) is 0 Å². The lowest BCUT2D eigenvalue weighted by Gasteiger charge is -2.50. The predicted molar refractivity (Wildman–Crippen MR) is 93.9 cm³/mol. The van der Waals surface area contributed by atoms with Gasteiger partial charge in [-0.05, 0) is 44.6 Å². The Morgan fingerprint density at radius 1 is 1.08 bits per heavy atom. The number of piperidine rings is 1. The van der Waals surface area contributed by atoms with Crippen molar-refractivity contribution in [1.29, 1.82) is 0 Å². The highest BCUT2D eigenvalue weighted by atomic mass is 16.5. The zero-order valence-electron chi connectivity index (χ0n) is 14.7. The van der Waals surface area contributed by atoms with Crippen LogP contribution in [0.5, 0.6) is 0 Å². The number of ether oxygens (including phenoxy) is 1. The smallest absolute Gasteiger partial charge is 0.254 e. The van der Waals surface area contributed by atoms with Crippen LogP contribution < -0.4 is 0 Å². The number of carbonyl (C=O) groups excluding carboxylic acids is 1. The standard InChI is InChI=1S/C20H28N2O2/c1-2-22-16-19(24-20(9-10-20)18(22)23)11-14-21(15-12-19)13-8-17-6-4-3-5-7-17/h3-7H,2,8-16H2,1H3. The maximum absolute atomic E-state index is 12.5. The number of amides is 1. The second-order valence-corrected chi connectivity index (χ2v) is 7.68. The minimum absolute atomic E-state index is 0.0936. The van der Waals surface area contributed by atoms with E-state index in [1.807, 2.05) is 4.90 Å². The molecule has 2 saturated heterocycles. The lowest BCUT2D eigenvalue weighted by atomic mass is 9.87. The number of carbonyl (C=O) groups is 1. The average molecular weight is 328 g/mol. The molecule has 1 aromatic rings. The van der Waals surface area contributed by atoms with Crippen molar-refractivity contribution in [2.45, 2.75) is 50.2 Å². The number of benzene rings is 1. The Labute approximate surface area is 144 Å². The van der Waals surface area contributed by atoms with Gasteiger partial charge in [-0.15, -0.1) is 0 Å². The number of morpholine rings is 1. The molecule has 0 radical (unpaired) electrons. The van der Waals surface area contributed by atoms with Crippen molar-refractivity contribution >= 4 is 5.91 Å². The van der Waals surface area contributed by atoms with Crippen molar-refractivity contribution in [3.05, 3.63) is 35.9 Å². The van der Waals surface area contributed by atoms with E-state index in [9.17, 15) is 4.79 Å². The van der Waals surface area contributed by atoms with Crippen molar-refractivity contribution in [1.82, 2.24) is 9.80 Å². The predicted octanol–water partition coefficient (Wildman–Crippen LogP) is 2.48. The first-order chi connectivity index (χ1) is 11.6. The van der Waals surface area contributed by atoms with E-state index in [4.69, 9.17) is 4.74 Å². The molecule has 2 spiro atoms. The van der Waals surface area contributed by atoms with Gasteiger partial charge >= 0.3 is 0 Å². The fourth-order valence-electron chi connectivity index (χ4n) is 4.26. The third-order valence-corrected chi connectivity index (χ3v) is 5.98. The van der Waals surface area contributed by atoms with Crippen molar-refractivity contribution in [2.24, 2.45) is 0 Å². The SMILES string of the molecule is CCN1CC2(CCN(CCc3ccccc3)CC2)OC2(CC2)C1=O. The first-order valence-electron chi connectivity index (χ1n) is 9.41. The number of nitrogens with zero attached hydrogens (tertiary/aromatic N) is 2. The van der Waals surface area contributed by atoms with E-state index in [1.165, 1.54) is 5.56 Å². The maximum atomic E-state index is 12.5. The van der Waals surface area contributed by atoms with Crippen molar-refractivity contribution in [2.75, 3.05) is 32.7 Å². The molecule has 1 aromatic carbocycles. The van der Waals surface area contributed by atoms with Crippen LogP contribution in [0.1, 0.15) is 38.2 Å². The van der Waals surface area contributed by atoms with Crippen molar-refractivity contribution in [3.63, 3.8) is 0 Å². The maximum Gasteiger partial charge on any atom is 0.254 e. The van der Waals surface area contributed by atoms with Gasteiger partial charge in [0, 0.05) is 32.7 Å². The average Bonchev–Trinajstić information content (AvgIpc) is 3.39. The molecule has 130 valence electrons. The third-order valence-electron chi connectivity index (χ3n) is 5.98. The summed E-state index contributed by atoms with van der Waals surface area (Å²) in [6.45, 7) is 6.95. The fraction of sp³-hybridized carbons (Fsp3) is 0.650. The van der Waals surface area contributed by atoms with Gasteiger partial charge in [-0.3, -0.25) is 4.79 Å². The van der Waals surface area contributed by atoms with Crippen LogP contribution in [0.15, 0.2) is 30.3 Å². The zero-order chi connectivity index (χ0) is 16.6. The molecule has 2 aliphatic heterocycles. The number of hydrogen-bond acceptors (Lipinski definition) is 3. The van der Waals surface area contributed by atoms with Gasteiger partial charge in [-0.2, -0.15) is 0 Å². The summed E-state index contributed by atoms with van der Waals surface area (Å²) in [7, 11) is 0. The van der Waals surface area contributed by atoms with Gasteiger partial charge in [-0.25, -0.2) is 0 Å². The molecule has 1 saturated carbocycles. The Bertz CT molecular complexity index is 589. The molecule has 4 rings (SSSR count). The van der Waals surface area contributed by atoms with Gasteiger partial charge in [0.05, 0.1) is 5.60 Å². The molecule has 1 aliphatic carbocycles. The van der Waals surface area contributed by atoms with Crippen LogP contribution in [0.25, 0.3) is 0 Å². The van der Waals surface area contributed by atoms with E-state index in [0.717, 1.165) is 64.8 Å². The molecule has 0 bridgehead atoms.